The molecule has 1 nitrogen and oxygen atoms in total. The van der Waals surface area contributed by atoms with Gasteiger partial charge in [-0.05, 0) is 23.4 Å². The van der Waals surface area contributed by atoms with E-state index in [0.29, 0.717) is 12.1 Å². The quantitative estimate of drug-likeness (QED) is 0.576. The summed E-state index contributed by atoms with van der Waals surface area (Å²) >= 11 is -0.118. The molecular weight excluding hydrogens is 283 g/mol. The smallest absolute Gasteiger partial charge is 0.288 e. The molecule has 0 aliphatic heterocycles. The van der Waals surface area contributed by atoms with Gasteiger partial charge in [0.05, 0.1) is 6.54 Å². The minimum Gasteiger partial charge on any atom is -0.288 e. The molecule has 0 fully saturated rings. The average Bonchev–Trinajstić information content (AvgIpc) is 2.40. The van der Waals surface area contributed by atoms with Crippen LogP contribution in [0.3, 0.4) is 0 Å². The molecule has 0 bridgehead atoms. The molecule has 5 heteroatoms. The third kappa shape index (κ3) is 4.74. The third-order valence-corrected chi connectivity index (χ3v) is 3.31. The molecule has 0 aromatic heterocycles. The second-order valence-corrected chi connectivity index (χ2v) is 5.15. The van der Waals surface area contributed by atoms with Crippen molar-refractivity contribution in [2.24, 2.45) is 4.99 Å². The SMILES string of the molecule is FC(F)(F)Sc1ccccc1C=NCc1ccccc1. The zero-order valence-corrected chi connectivity index (χ0v) is 11.3. The molecule has 2 aromatic rings. The lowest BCUT2D eigenvalue weighted by atomic mass is 10.2. The van der Waals surface area contributed by atoms with Crippen molar-refractivity contribution in [3.8, 4) is 0 Å². The van der Waals surface area contributed by atoms with E-state index in [9.17, 15) is 13.2 Å². The minimum absolute atomic E-state index is 0.118. The molecule has 0 spiro atoms. The fourth-order valence-corrected chi connectivity index (χ4v) is 2.27. The first-order valence-electron chi connectivity index (χ1n) is 5.93. The second kappa shape index (κ2) is 6.61. The zero-order chi connectivity index (χ0) is 14.4. The molecule has 2 rings (SSSR count). The van der Waals surface area contributed by atoms with Crippen LogP contribution in [0.1, 0.15) is 11.1 Å². The van der Waals surface area contributed by atoms with Crippen molar-refractivity contribution in [3.63, 3.8) is 0 Å². The molecule has 20 heavy (non-hydrogen) atoms. The van der Waals surface area contributed by atoms with Crippen LogP contribution in [0, 0.1) is 0 Å². The lowest BCUT2D eigenvalue weighted by Gasteiger charge is -2.07. The number of benzene rings is 2. The summed E-state index contributed by atoms with van der Waals surface area (Å²) in [5, 5.41) is 0. The summed E-state index contributed by atoms with van der Waals surface area (Å²) in [6.45, 7) is 0.450. The highest BCUT2D eigenvalue weighted by Gasteiger charge is 2.29. The second-order valence-electron chi connectivity index (χ2n) is 4.04. The van der Waals surface area contributed by atoms with Crippen LogP contribution in [0.15, 0.2) is 64.5 Å². The van der Waals surface area contributed by atoms with E-state index in [2.05, 4.69) is 4.99 Å². The van der Waals surface area contributed by atoms with Gasteiger partial charge < -0.3 is 0 Å². The van der Waals surface area contributed by atoms with Gasteiger partial charge in [-0.1, -0.05) is 48.5 Å². The van der Waals surface area contributed by atoms with Gasteiger partial charge in [0.2, 0.25) is 0 Å². The Morgan fingerprint density at radius 1 is 0.950 bits per heavy atom. The average molecular weight is 295 g/mol. The fraction of sp³-hybridized carbons (Fsp3) is 0.133. The van der Waals surface area contributed by atoms with E-state index in [4.69, 9.17) is 0 Å². The Bertz CT molecular complexity index is 579. The van der Waals surface area contributed by atoms with Crippen molar-refractivity contribution >= 4 is 18.0 Å². The fourth-order valence-electron chi connectivity index (χ4n) is 1.64. The van der Waals surface area contributed by atoms with Gasteiger partial charge in [-0.25, -0.2) is 0 Å². The summed E-state index contributed by atoms with van der Waals surface area (Å²) in [5.41, 5.74) is -2.79. The van der Waals surface area contributed by atoms with E-state index >= 15 is 0 Å². The number of thioether (sulfide) groups is 1. The van der Waals surface area contributed by atoms with E-state index in [0.717, 1.165) is 5.56 Å². The van der Waals surface area contributed by atoms with Crippen LogP contribution < -0.4 is 0 Å². The summed E-state index contributed by atoms with van der Waals surface area (Å²) in [6.07, 6.45) is 1.49. The van der Waals surface area contributed by atoms with Crippen LogP contribution in [-0.2, 0) is 6.54 Å². The van der Waals surface area contributed by atoms with Crippen molar-refractivity contribution in [1.29, 1.82) is 0 Å². The molecule has 0 unspecified atom stereocenters. The van der Waals surface area contributed by atoms with Gasteiger partial charge in [0.1, 0.15) is 0 Å². The van der Waals surface area contributed by atoms with Crippen molar-refractivity contribution in [1.82, 2.24) is 0 Å². The summed E-state index contributed by atoms with van der Waals surface area (Å²) in [6, 6.07) is 15.9. The number of hydrogen-bond acceptors (Lipinski definition) is 2. The standard InChI is InChI=1S/C15H12F3NS/c16-15(17,18)20-14-9-5-4-8-13(14)11-19-10-12-6-2-1-3-7-12/h1-9,11H,10H2. The monoisotopic (exact) mass is 295 g/mol. The highest BCUT2D eigenvalue weighted by atomic mass is 32.2. The van der Waals surface area contributed by atoms with E-state index in [1.807, 2.05) is 30.3 Å². The Hall–Kier alpha value is -1.75. The highest BCUT2D eigenvalue weighted by Crippen LogP contribution is 2.37. The maximum Gasteiger partial charge on any atom is 0.446 e. The molecule has 104 valence electrons. The summed E-state index contributed by atoms with van der Waals surface area (Å²) in [4.78, 5) is 4.36. The Morgan fingerprint density at radius 3 is 2.30 bits per heavy atom. The highest BCUT2D eigenvalue weighted by molar-refractivity contribution is 8.00. The Labute approximate surface area is 119 Å². The van der Waals surface area contributed by atoms with Crippen LogP contribution in [0.2, 0.25) is 0 Å². The van der Waals surface area contributed by atoms with E-state index in [-0.39, 0.29) is 16.7 Å². The number of alkyl halides is 3. The predicted molar refractivity (Wildman–Crippen MR) is 76.1 cm³/mol. The van der Waals surface area contributed by atoms with E-state index < -0.39 is 5.51 Å². The molecule has 0 saturated heterocycles. The lowest BCUT2D eigenvalue weighted by molar-refractivity contribution is -0.0328. The van der Waals surface area contributed by atoms with Crippen LogP contribution in [0.25, 0.3) is 0 Å². The van der Waals surface area contributed by atoms with Crippen molar-refractivity contribution in [2.45, 2.75) is 16.9 Å². The first-order chi connectivity index (χ1) is 9.54. The molecule has 0 N–H and O–H groups in total. The molecule has 0 radical (unpaired) electrons. The first-order valence-corrected chi connectivity index (χ1v) is 6.75. The van der Waals surface area contributed by atoms with Crippen LogP contribution in [0.4, 0.5) is 13.2 Å². The van der Waals surface area contributed by atoms with Crippen molar-refractivity contribution < 1.29 is 13.2 Å². The van der Waals surface area contributed by atoms with Gasteiger partial charge in [-0.3, -0.25) is 4.99 Å². The van der Waals surface area contributed by atoms with Gasteiger partial charge in [-0.2, -0.15) is 13.2 Å². The van der Waals surface area contributed by atoms with Gasteiger partial charge in [0.25, 0.3) is 0 Å². The number of hydrogen-bond donors (Lipinski definition) is 0. The largest absolute Gasteiger partial charge is 0.446 e. The molecule has 0 aliphatic carbocycles. The Morgan fingerprint density at radius 2 is 1.60 bits per heavy atom. The number of nitrogens with zero attached hydrogens (tertiary/aromatic N) is 1. The summed E-state index contributed by atoms with van der Waals surface area (Å²) in [7, 11) is 0. The number of aliphatic imine (C=N–C) groups is 1. The topological polar surface area (TPSA) is 12.4 Å². The van der Waals surface area contributed by atoms with Gasteiger partial charge >= 0.3 is 5.51 Å². The predicted octanol–water partition coefficient (Wildman–Crippen LogP) is 4.92. The third-order valence-electron chi connectivity index (χ3n) is 2.49. The maximum atomic E-state index is 12.4. The zero-order valence-electron chi connectivity index (χ0n) is 10.5. The van der Waals surface area contributed by atoms with Gasteiger partial charge in [0.15, 0.2) is 0 Å². The molecule has 2 aromatic carbocycles. The molecule has 0 heterocycles. The normalized spacial score (nSPS) is 11.9. The first kappa shape index (κ1) is 14.7. The minimum atomic E-state index is -4.29. The van der Waals surface area contributed by atoms with Crippen LogP contribution in [-0.4, -0.2) is 11.7 Å². The molecule has 0 atom stereocenters. The van der Waals surface area contributed by atoms with Crippen LogP contribution in [0.5, 0.6) is 0 Å². The van der Waals surface area contributed by atoms with Crippen molar-refractivity contribution in [3.05, 3.63) is 65.7 Å². The van der Waals surface area contributed by atoms with Crippen molar-refractivity contribution in [2.75, 3.05) is 0 Å². The van der Waals surface area contributed by atoms with Crippen LogP contribution >= 0.6 is 11.8 Å². The lowest BCUT2D eigenvalue weighted by Crippen LogP contribution is -2.00. The van der Waals surface area contributed by atoms with Gasteiger partial charge in [0, 0.05) is 16.7 Å². The molecule has 0 saturated carbocycles. The Balaban J connectivity index is 2.09. The Kier molecular flexibility index (Phi) is 4.84. The maximum absolute atomic E-state index is 12.4. The molecular formula is C15H12F3NS. The van der Waals surface area contributed by atoms with E-state index in [1.165, 1.54) is 12.3 Å². The molecule has 0 amide bonds. The molecule has 0 aliphatic rings. The summed E-state index contributed by atoms with van der Waals surface area (Å²) in [5.74, 6) is 0. The number of rotatable bonds is 4. The summed E-state index contributed by atoms with van der Waals surface area (Å²) < 4.78 is 37.3. The van der Waals surface area contributed by atoms with Gasteiger partial charge in [-0.15, -0.1) is 0 Å². The van der Waals surface area contributed by atoms with E-state index in [1.54, 1.807) is 18.2 Å². The number of halogens is 3.